The molecule has 2 rings (SSSR count). The van der Waals surface area contributed by atoms with Crippen molar-refractivity contribution in [1.29, 1.82) is 0 Å². The number of sulfone groups is 1. The molecule has 4 nitrogen and oxygen atoms in total. The molecule has 0 aromatic rings. The molecule has 1 aliphatic carbocycles. The predicted octanol–water partition coefficient (Wildman–Crippen LogP) is 1.60. The van der Waals surface area contributed by atoms with E-state index in [0.29, 0.717) is 13.0 Å². The number of hydrogen-bond acceptors (Lipinski definition) is 3. The molecule has 1 saturated carbocycles. The lowest BCUT2D eigenvalue weighted by atomic mass is 9.88. The van der Waals surface area contributed by atoms with Crippen molar-refractivity contribution < 1.29 is 13.2 Å². The van der Waals surface area contributed by atoms with Gasteiger partial charge in [-0.2, -0.15) is 0 Å². The first-order chi connectivity index (χ1) is 8.53. The molecule has 5 heteroatoms. The molecule has 0 spiro atoms. The lowest BCUT2D eigenvalue weighted by Crippen LogP contribution is -2.44. The van der Waals surface area contributed by atoms with Gasteiger partial charge in [0, 0.05) is 18.5 Å². The molecule has 1 saturated heterocycles. The van der Waals surface area contributed by atoms with Crippen molar-refractivity contribution in [2.75, 3.05) is 18.1 Å². The lowest BCUT2D eigenvalue weighted by molar-refractivity contribution is -0.138. The van der Waals surface area contributed by atoms with Crippen LogP contribution in [0.15, 0.2) is 0 Å². The summed E-state index contributed by atoms with van der Waals surface area (Å²) in [4.78, 5) is 14.3. The monoisotopic (exact) mass is 273 g/mol. The number of amides is 1. The Bertz CT molecular complexity index is 398. The second-order valence-electron chi connectivity index (χ2n) is 5.52. The van der Waals surface area contributed by atoms with Gasteiger partial charge in [-0.1, -0.05) is 19.3 Å². The van der Waals surface area contributed by atoms with E-state index < -0.39 is 9.84 Å². The summed E-state index contributed by atoms with van der Waals surface area (Å²) in [6, 6.07) is -0.0746. The molecule has 0 aromatic carbocycles. The van der Waals surface area contributed by atoms with Crippen LogP contribution in [-0.4, -0.2) is 43.3 Å². The van der Waals surface area contributed by atoms with E-state index in [1.54, 1.807) is 0 Å². The van der Waals surface area contributed by atoms with Crippen molar-refractivity contribution in [1.82, 2.24) is 4.90 Å². The maximum absolute atomic E-state index is 12.5. The van der Waals surface area contributed by atoms with Crippen molar-refractivity contribution in [2.45, 2.75) is 51.5 Å². The number of nitrogens with zero attached hydrogens (tertiary/aromatic N) is 1. The summed E-state index contributed by atoms with van der Waals surface area (Å²) in [6.45, 7) is 2.58. The van der Waals surface area contributed by atoms with Gasteiger partial charge in [-0.15, -0.1) is 0 Å². The highest BCUT2D eigenvalue weighted by Gasteiger charge is 2.36. The number of rotatable bonds is 3. The standard InChI is InChI=1S/C13H23NO3S/c1-2-14(12-8-9-18(16,17)10-12)13(15)11-6-4-3-5-7-11/h11-12H,2-10H2,1H3. The van der Waals surface area contributed by atoms with Gasteiger partial charge in [0.2, 0.25) is 5.91 Å². The van der Waals surface area contributed by atoms with Gasteiger partial charge >= 0.3 is 0 Å². The van der Waals surface area contributed by atoms with Crippen LogP contribution in [0.1, 0.15) is 45.4 Å². The fourth-order valence-corrected chi connectivity index (χ4v) is 4.93. The molecule has 1 aliphatic heterocycles. The molecule has 0 N–H and O–H groups in total. The topological polar surface area (TPSA) is 54.5 Å². The molecule has 1 amide bonds. The zero-order valence-electron chi connectivity index (χ0n) is 11.1. The van der Waals surface area contributed by atoms with Crippen LogP contribution < -0.4 is 0 Å². The first kappa shape index (κ1) is 13.8. The van der Waals surface area contributed by atoms with E-state index in [2.05, 4.69) is 0 Å². The second kappa shape index (κ2) is 5.59. The van der Waals surface area contributed by atoms with Crippen molar-refractivity contribution in [3.8, 4) is 0 Å². The largest absolute Gasteiger partial charge is 0.339 e. The Morgan fingerprint density at radius 2 is 1.83 bits per heavy atom. The predicted molar refractivity (Wildman–Crippen MR) is 71.0 cm³/mol. The zero-order valence-corrected chi connectivity index (χ0v) is 11.9. The maximum atomic E-state index is 12.5. The van der Waals surface area contributed by atoms with Gasteiger partial charge in [-0.25, -0.2) is 8.42 Å². The SMILES string of the molecule is CCN(C(=O)C1CCCCC1)C1CCS(=O)(=O)C1. The first-order valence-corrected chi connectivity index (χ1v) is 8.86. The van der Waals surface area contributed by atoms with E-state index in [0.717, 1.165) is 25.7 Å². The second-order valence-corrected chi connectivity index (χ2v) is 7.74. The average molecular weight is 273 g/mol. The summed E-state index contributed by atoms with van der Waals surface area (Å²) >= 11 is 0. The lowest BCUT2D eigenvalue weighted by Gasteiger charge is -2.32. The van der Waals surface area contributed by atoms with Crippen LogP contribution in [0.3, 0.4) is 0 Å². The van der Waals surface area contributed by atoms with E-state index in [4.69, 9.17) is 0 Å². The van der Waals surface area contributed by atoms with Crippen LogP contribution in [-0.2, 0) is 14.6 Å². The maximum Gasteiger partial charge on any atom is 0.225 e. The van der Waals surface area contributed by atoms with Crippen LogP contribution in [0.4, 0.5) is 0 Å². The molecule has 1 heterocycles. The van der Waals surface area contributed by atoms with Crippen molar-refractivity contribution in [2.24, 2.45) is 5.92 Å². The smallest absolute Gasteiger partial charge is 0.225 e. The van der Waals surface area contributed by atoms with Gasteiger partial charge < -0.3 is 4.90 Å². The Morgan fingerprint density at radius 3 is 2.33 bits per heavy atom. The van der Waals surface area contributed by atoms with Crippen molar-refractivity contribution in [3.05, 3.63) is 0 Å². The number of carbonyl (C=O) groups is 1. The number of hydrogen-bond donors (Lipinski definition) is 0. The first-order valence-electron chi connectivity index (χ1n) is 7.04. The Kier molecular flexibility index (Phi) is 4.30. The molecule has 104 valence electrons. The minimum absolute atomic E-state index is 0.0746. The molecule has 2 aliphatic rings. The zero-order chi connectivity index (χ0) is 13.2. The van der Waals surface area contributed by atoms with Gasteiger partial charge in [0.05, 0.1) is 11.5 Å². The van der Waals surface area contributed by atoms with Gasteiger partial charge in [0.1, 0.15) is 0 Å². The average Bonchev–Trinajstić information content (AvgIpc) is 2.71. The molecule has 0 radical (unpaired) electrons. The molecule has 18 heavy (non-hydrogen) atoms. The van der Waals surface area contributed by atoms with Crippen LogP contribution in [0, 0.1) is 5.92 Å². The third kappa shape index (κ3) is 3.05. The van der Waals surface area contributed by atoms with E-state index in [-0.39, 0.29) is 29.4 Å². The summed E-state index contributed by atoms with van der Waals surface area (Å²) in [5.74, 6) is 0.743. The van der Waals surface area contributed by atoms with Gasteiger partial charge in [-0.3, -0.25) is 4.79 Å². The van der Waals surface area contributed by atoms with Crippen molar-refractivity contribution >= 4 is 15.7 Å². The highest BCUT2D eigenvalue weighted by molar-refractivity contribution is 7.91. The molecule has 0 aromatic heterocycles. The van der Waals surface area contributed by atoms with E-state index in [1.807, 2.05) is 11.8 Å². The molecule has 1 unspecified atom stereocenters. The van der Waals surface area contributed by atoms with Gasteiger partial charge in [0.25, 0.3) is 0 Å². The van der Waals surface area contributed by atoms with Crippen LogP contribution in [0.25, 0.3) is 0 Å². The van der Waals surface area contributed by atoms with Gasteiger partial charge in [-0.05, 0) is 26.2 Å². The van der Waals surface area contributed by atoms with Crippen LogP contribution in [0.5, 0.6) is 0 Å². The molecule has 0 bridgehead atoms. The molecule has 1 atom stereocenters. The van der Waals surface area contributed by atoms with Crippen molar-refractivity contribution in [3.63, 3.8) is 0 Å². The molecular formula is C13H23NO3S. The Balaban J connectivity index is 2.01. The fourth-order valence-electron chi connectivity index (χ4n) is 3.20. The summed E-state index contributed by atoms with van der Waals surface area (Å²) in [6.07, 6.45) is 6.08. The molecule has 2 fully saturated rings. The van der Waals surface area contributed by atoms with E-state index in [1.165, 1.54) is 6.42 Å². The number of carbonyl (C=O) groups excluding carboxylic acids is 1. The fraction of sp³-hybridized carbons (Fsp3) is 0.923. The quantitative estimate of drug-likeness (QED) is 0.785. The Morgan fingerprint density at radius 1 is 1.17 bits per heavy atom. The third-order valence-electron chi connectivity index (χ3n) is 4.23. The van der Waals surface area contributed by atoms with E-state index in [9.17, 15) is 13.2 Å². The Labute approximate surface area is 110 Å². The Hall–Kier alpha value is -0.580. The normalized spacial score (nSPS) is 28.2. The summed E-state index contributed by atoms with van der Waals surface area (Å²) in [5, 5.41) is 0. The highest BCUT2D eigenvalue weighted by Crippen LogP contribution is 2.27. The highest BCUT2D eigenvalue weighted by atomic mass is 32.2. The van der Waals surface area contributed by atoms with Crippen LogP contribution >= 0.6 is 0 Å². The summed E-state index contributed by atoms with van der Waals surface area (Å²) < 4.78 is 23.0. The van der Waals surface area contributed by atoms with Crippen LogP contribution in [0.2, 0.25) is 0 Å². The van der Waals surface area contributed by atoms with E-state index >= 15 is 0 Å². The summed E-state index contributed by atoms with van der Waals surface area (Å²) in [5.41, 5.74) is 0. The van der Waals surface area contributed by atoms with Gasteiger partial charge in [0.15, 0.2) is 9.84 Å². The minimum Gasteiger partial charge on any atom is -0.339 e. The third-order valence-corrected chi connectivity index (χ3v) is 5.98. The summed E-state index contributed by atoms with van der Waals surface area (Å²) in [7, 11) is -2.91. The molecular weight excluding hydrogens is 250 g/mol. The minimum atomic E-state index is -2.91.